The fourth-order valence-corrected chi connectivity index (χ4v) is 3.42. The van der Waals surface area contributed by atoms with Crippen molar-refractivity contribution in [3.63, 3.8) is 0 Å². The van der Waals surface area contributed by atoms with Crippen LogP contribution in [0.1, 0.15) is 86.6 Å². The van der Waals surface area contributed by atoms with Gasteiger partial charge in [-0.15, -0.1) is 0 Å². The minimum Gasteiger partial charge on any atom is -0.480 e. The molecule has 0 spiro atoms. The zero-order valence-electron chi connectivity index (χ0n) is 24.1. The molecule has 9 nitrogen and oxygen atoms in total. The van der Waals surface area contributed by atoms with E-state index in [9.17, 15) is 24.3 Å². The Labute approximate surface area is 226 Å². The first-order valence-electron chi connectivity index (χ1n) is 13.4. The average Bonchev–Trinajstić information content (AvgIpc) is 2.85. The van der Waals surface area contributed by atoms with Gasteiger partial charge in [-0.2, -0.15) is 0 Å². The zero-order valence-corrected chi connectivity index (χ0v) is 24.1. The molecule has 0 bridgehead atoms. The highest BCUT2D eigenvalue weighted by molar-refractivity contribution is 5.79. The molecule has 0 radical (unpaired) electrons. The van der Waals surface area contributed by atoms with Crippen LogP contribution in [0.3, 0.4) is 0 Å². The lowest BCUT2D eigenvalue weighted by Gasteiger charge is -2.26. The maximum absolute atomic E-state index is 12.8. The first-order valence-corrected chi connectivity index (χ1v) is 13.4. The molecule has 38 heavy (non-hydrogen) atoms. The van der Waals surface area contributed by atoms with Crippen molar-refractivity contribution < 1.29 is 38.5 Å². The van der Waals surface area contributed by atoms with Gasteiger partial charge in [-0.3, -0.25) is 19.2 Å². The second-order valence-corrected chi connectivity index (χ2v) is 10.9. The predicted molar refractivity (Wildman–Crippen MR) is 144 cm³/mol. The minimum atomic E-state index is -1.33. The van der Waals surface area contributed by atoms with E-state index in [-0.39, 0.29) is 41.6 Å². The number of carboxylic acids is 1. The smallest absolute Gasteiger partial charge is 0.321 e. The normalized spacial score (nSPS) is 16.2. The molecule has 9 heteroatoms. The maximum atomic E-state index is 12.8. The number of carboxylic acid groups (broad SMARTS) is 1. The lowest BCUT2D eigenvalue weighted by Crippen LogP contribution is -2.38. The predicted octanol–water partition coefficient (Wildman–Crippen LogP) is 4.95. The molecule has 0 heterocycles. The van der Waals surface area contributed by atoms with Crippen molar-refractivity contribution in [2.75, 3.05) is 0 Å². The Balaban J connectivity index is 3.45. The van der Waals surface area contributed by atoms with Gasteiger partial charge in [0.15, 0.2) is 11.5 Å². The van der Waals surface area contributed by atoms with Gasteiger partial charge in [0.2, 0.25) is 0 Å². The average molecular weight is 536 g/mol. The van der Waals surface area contributed by atoms with Crippen LogP contribution in [0, 0.1) is 29.6 Å². The third-order valence-electron chi connectivity index (χ3n) is 7.20. The van der Waals surface area contributed by atoms with E-state index in [2.05, 4.69) is 0 Å². The summed E-state index contributed by atoms with van der Waals surface area (Å²) in [7, 11) is 0. The Bertz CT molecular complexity index is 973. The molecular weight excluding hydrogens is 490 g/mol. The Hall–Kier alpha value is -2.94. The van der Waals surface area contributed by atoms with Crippen molar-refractivity contribution in [3.8, 4) is 11.5 Å². The molecule has 3 N–H and O–H groups in total. The lowest BCUT2D eigenvalue weighted by atomic mass is 9.87. The molecule has 0 aliphatic heterocycles. The molecule has 0 saturated heterocycles. The standard InChI is InChI=1S/C29H45NO8/c1-10-17(6)27(33)36-18(7)13-22(25(30)26(31)32)21-11-12-23(37-28(34)19(8)15(2)3)24(14-21)38-29(35)20(9)16(4)5/h11-12,14-20,22,25H,10,13,30H2,1-9H3,(H,31,32)/t17?,18?,19?,20?,22?,25-/m0/s1. The number of aliphatic carboxylic acids is 1. The third-order valence-corrected chi connectivity index (χ3v) is 7.20. The maximum Gasteiger partial charge on any atom is 0.321 e. The molecule has 0 aliphatic rings. The quantitative estimate of drug-likeness (QED) is 0.250. The highest BCUT2D eigenvalue weighted by Crippen LogP contribution is 2.36. The number of ether oxygens (including phenoxy) is 3. The molecule has 0 fully saturated rings. The number of esters is 3. The highest BCUT2D eigenvalue weighted by Gasteiger charge is 2.31. The van der Waals surface area contributed by atoms with E-state index in [4.69, 9.17) is 19.9 Å². The zero-order chi connectivity index (χ0) is 29.3. The number of hydrogen-bond acceptors (Lipinski definition) is 8. The molecule has 6 atom stereocenters. The van der Waals surface area contributed by atoms with Crippen molar-refractivity contribution in [1.29, 1.82) is 0 Å². The topological polar surface area (TPSA) is 142 Å². The molecule has 5 unspecified atom stereocenters. The van der Waals surface area contributed by atoms with Crippen LogP contribution >= 0.6 is 0 Å². The van der Waals surface area contributed by atoms with Gasteiger partial charge in [0, 0.05) is 5.92 Å². The van der Waals surface area contributed by atoms with Crippen LogP contribution in [-0.2, 0) is 23.9 Å². The van der Waals surface area contributed by atoms with E-state index in [0.717, 1.165) is 0 Å². The van der Waals surface area contributed by atoms with Crippen molar-refractivity contribution in [3.05, 3.63) is 23.8 Å². The van der Waals surface area contributed by atoms with E-state index in [1.54, 1.807) is 33.8 Å². The fourth-order valence-electron chi connectivity index (χ4n) is 3.42. The number of carbonyl (C=O) groups excluding carboxylic acids is 3. The Morgan fingerprint density at radius 1 is 0.816 bits per heavy atom. The van der Waals surface area contributed by atoms with Crippen molar-refractivity contribution in [2.45, 2.75) is 93.2 Å². The van der Waals surface area contributed by atoms with Gasteiger partial charge in [0.05, 0.1) is 23.9 Å². The summed E-state index contributed by atoms with van der Waals surface area (Å²) < 4.78 is 16.8. The summed E-state index contributed by atoms with van der Waals surface area (Å²) in [5.41, 5.74) is 6.50. The minimum absolute atomic E-state index is 0.00357. The molecule has 1 aromatic rings. The summed E-state index contributed by atoms with van der Waals surface area (Å²) in [4.78, 5) is 49.6. The molecule has 0 saturated carbocycles. The molecular formula is C29H45NO8. The van der Waals surface area contributed by atoms with Gasteiger partial charge < -0.3 is 25.1 Å². The van der Waals surface area contributed by atoms with E-state index >= 15 is 0 Å². The van der Waals surface area contributed by atoms with Gasteiger partial charge in [0.25, 0.3) is 0 Å². The van der Waals surface area contributed by atoms with Crippen LogP contribution in [0.5, 0.6) is 11.5 Å². The van der Waals surface area contributed by atoms with E-state index in [1.165, 1.54) is 12.1 Å². The van der Waals surface area contributed by atoms with Crippen molar-refractivity contribution in [2.24, 2.45) is 35.3 Å². The van der Waals surface area contributed by atoms with Crippen LogP contribution in [0.25, 0.3) is 0 Å². The molecule has 1 aromatic carbocycles. The number of carbonyl (C=O) groups is 4. The monoisotopic (exact) mass is 535 g/mol. The second kappa shape index (κ2) is 14.9. The van der Waals surface area contributed by atoms with Crippen LogP contribution in [-0.4, -0.2) is 41.1 Å². The summed E-state index contributed by atoms with van der Waals surface area (Å²) in [6, 6.07) is 3.21. The van der Waals surface area contributed by atoms with Gasteiger partial charge >= 0.3 is 23.9 Å². The second-order valence-electron chi connectivity index (χ2n) is 10.9. The summed E-state index contributed by atoms with van der Waals surface area (Å²) in [5.74, 6) is -4.43. The van der Waals surface area contributed by atoms with Crippen LogP contribution in [0.15, 0.2) is 18.2 Å². The molecule has 0 aliphatic carbocycles. The summed E-state index contributed by atoms with van der Waals surface area (Å²) in [6.07, 6.45) is 0.112. The van der Waals surface area contributed by atoms with Gasteiger partial charge in [-0.05, 0) is 49.3 Å². The Morgan fingerprint density at radius 2 is 1.32 bits per heavy atom. The van der Waals surface area contributed by atoms with Crippen LogP contribution in [0.4, 0.5) is 0 Å². The highest BCUT2D eigenvalue weighted by atomic mass is 16.6. The Kier molecular flexibility index (Phi) is 12.9. The summed E-state index contributed by atoms with van der Waals surface area (Å²) in [6.45, 7) is 16.4. The number of rotatable bonds is 14. The van der Waals surface area contributed by atoms with E-state index < -0.39 is 47.8 Å². The van der Waals surface area contributed by atoms with Crippen molar-refractivity contribution >= 4 is 23.9 Å². The van der Waals surface area contributed by atoms with Crippen LogP contribution in [0.2, 0.25) is 0 Å². The van der Waals surface area contributed by atoms with Gasteiger partial charge in [0.1, 0.15) is 6.04 Å². The number of benzene rings is 1. The van der Waals surface area contributed by atoms with Gasteiger partial charge in [-0.25, -0.2) is 0 Å². The Morgan fingerprint density at radius 3 is 1.76 bits per heavy atom. The molecule has 0 amide bonds. The number of hydrogen-bond donors (Lipinski definition) is 2. The summed E-state index contributed by atoms with van der Waals surface area (Å²) in [5, 5.41) is 9.68. The van der Waals surface area contributed by atoms with Crippen LogP contribution < -0.4 is 15.2 Å². The lowest BCUT2D eigenvalue weighted by molar-refractivity contribution is -0.153. The van der Waals surface area contributed by atoms with E-state index in [0.29, 0.717) is 12.0 Å². The molecule has 0 aromatic heterocycles. The summed E-state index contributed by atoms with van der Waals surface area (Å²) >= 11 is 0. The third kappa shape index (κ3) is 9.42. The molecule has 214 valence electrons. The fraction of sp³-hybridized carbons (Fsp3) is 0.655. The SMILES string of the molecule is CCC(C)C(=O)OC(C)CC(c1ccc(OC(=O)C(C)C(C)C)c(OC(=O)C(C)C(C)C)c1)[C@H](N)C(=O)O. The van der Waals surface area contributed by atoms with Gasteiger partial charge in [-0.1, -0.05) is 61.5 Å². The first-order chi connectivity index (χ1) is 17.6. The number of nitrogens with two attached hydrogens (primary N) is 1. The first kappa shape index (κ1) is 33.1. The van der Waals surface area contributed by atoms with E-state index in [1.807, 2.05) is 34.6 Å². The largest absolute Gasteiger partial charge is 0.480 e. The van der Waals surface area contributed by atoms with Crippen molar-refractivity contribution in [1.82, 2.24) is 0 Å². The molecule has 1 rings (SSSR count).